The second-order valence-electron chi connectivity index (χ2n) is 23.2. The molecule has 0 aromatic heterocycles. The van der Waals surface area contributed by atoms with Crippen molar-refractivity contribution in [3.05, 3.63) is 11.1 Å². The van der Waals surface area contributed by atoms with Gasteiger partial charge in [0.1, 0.15) is 17.8 Å². The van der Waals surface area contributed by atoms with Crippen molar-refractivity contribution in [1.29, 1.82) is 0 Å². The Kier molecular flexibility index (Phi) is 11.1. The molecule has 9 heteroatoms. The van der Waals surface area contributed by atoms with E-state index in [4.69, 9.17) is 15.2 Å². The highest BCUT2D eigenvalue weighted by Crippen LogP contribution is 2.76. The first-order valence-corrected chi connectivity index (χ1v) is 24.3. The number of nitrogens with one attached hydrogen (secondary N) is 1. The fourth-order valence-corrected chi connectivity index (χ4v) is 16.3. The van der Waals surface area contributed by atoms with Gasteiger partial charge in [-0.3, -0.25) is 4.79 Å². The number of Topliss-reactive ketones (excluding diaryl/α,β-unsaturated/α-hetero) is 1. The van der Waals surface area contributed by atoms with E-state index in [-0.39, 0.29) is 53.7 Å². The topological polar surface area (TPSA) is 158 Å². The number of rotatable bonds is 11. The molecule has 7 fully saturated rings. The lowest BCUT2D eigenvalue weighted by atomic mass is 9.40. The summed E-state index contributed by atoms with van der Waals surface area (Å²) in [6.45, 7) is 12.4. The Balaban J connectivity index is 1.09. The molecule has 0 amide bonds. The molecular formula is C49H80N2O7. The maximum atomic E-state index is 14.8. The fraction of sp³-hybridized carbons (Fsp3) is 0.939. The van der Waals surface area contributed by atoms with Crippen molar-refractivity contribution in [2.45, 2.75) is 204 Å². The molecule has 17 atom stereocenters. The first-order chi connectivity index (χ1) is 27.5. The molecule has 9 aliphatic rings. The van der Waals surface area contributed by atoms with Crippen molar-refractivity contribution in [3.8, 4) is 0 Å². The predicted octanol–water partition coefficient (Wildman–Crippen LogP) is 6.96. The number of ether oxygens (including phenoxy) is 2. The van der Waals surface area contributed by atoms with Gasteiger partial charge in [-0.2, -0.15) is 0 Å². The molecule has 328 valence electrons. The zero-order valence-electron chi connectivity index (χ0n) is 36.8. The van der Waals surface area contributed by atoms with Crippen molar-refractivity contribution in [3.63, 3.8) is 0 Å². The number of allylic oxidation sites excluding steroid dienone is 1. The number of carbonyl (C=O) groups excluding carboxylic acids is 1. The van der Waals surface area contributed by atoms with Gasteiger partial charge in [0, 0.05) is 23.4 Å². The SMILES string of the molecule is CC1CCOC(C2OC2C(C)(O)C(C)(CO)CCC2CCNC(N)C2)(C2CC3CCC4=C5C(C(CCC6CCCCC6)CC2(C)C53O)C2(C)CCC(O)CC2C4=O)C1. The number of ketones is 1. The summed E-state index contributed by atoms with van der Waals surface area (Å²) in [5, 5.41) is 52.1. The minimum atomic E-state index is -1.30. The van der Waals surface area contributed by atoms with Gasteiger partial charge in [0.2, 0.25) is 0 Å². The van der Waals surface area contributed by atoms with Crippen LogP contribution in [-0.2, 0) is 14.3 Å². The normalized spacial score (nSPS) is 50.1. The van der Waals surface area contributed by atoms with E-state index in [2.05, 4.69) is 26.1 Å². The fourth-order valence-electron chi connectivity index (χ4n) is 16.3. The molecule has 17 unspecified atom stereocenters. The number of aliphatic hydroxyl groups excluding tert-OH is 2. The third-order valence-electron chi connectivity index (χ3n) is 20.0. The van der Waals surface area contributed by atoms with Crippen molar-refractivity contribution in [1.82, 2.24) is 5.32 Å². The van der Waals surface area contributed by atoms with Crippen LogP contribution in [0.4, 0.5) is 0 Å². The van der Waals surface area contributed by atoms with Crippen LogP contribution in [0.2, 0.25) is 0 Å². The molecule has 9 nitrogen and oxygen atoms in total. The van der Waals surface area contributed by atoms with Crippen LogP contribution in [0.5, 0.6) is 0 Å². The number of hydrogen-bond acceptors (Lipinski definition) is 9. The lowest BCUT2D eigenvalue weighted by molar-refractivity contribution is -0.206. The number of nitrogens with two attached hydrogens (primary N) is 1. The number of piperidine rings is 1. The molecule has 3 aliphatic heterocycles. The largest absolute Gasteiger partial charge is 0.396 e. The molecule has 58 heavy (non-hydrogen) atoms. The predicted molar refractivity (Wildman–Crippen MR) is 224 cm³/mol. The second kappa shape index (κ2) is 15.1. The lowest BCUT2D eigenvalue weighted by Gasteiger charge is -2.66. The van der Waals surface area contributed by atoms with Crippen LogP contribution in [0.15, 0.2) is 11.1 Å². The number of aliphatic hydroxyl groups is 4. The van der Waals surface area contributed by atoms with E-state index in [9.17, 15) is 25.2 Å². The van der Waals surface area contributed by atoms with E-state index in [1.54, 1.807) is 0 Å². The van der Waals surface area contributed by atoms with Gasteiger partial charge in [0.15, 0.2) is 5.78 Å². The third kappa shape index (κ3) is 6.37. The van der Waals surface area contributed by atoms with Gasteiger partial charge < -0.3 is 41.0 Å². The quantitative estimate of drug-likeness (QED) is 0.121. The molecular weight excluding hydrogens is 729 g/mol. The van der Waals surface area contributed by atoms with Gasteiger partial charge in [0.25, 0.3) is 0 Å². The summed E-state index contributed by atoms with van der Waals surface area (Å²) in [5.41, 5.74) is 3.58. The van der Waals surface area contributed by atoms with Gasteiger partial charge in [-0.15, -0.1) is 0 Å². The summed E-state index contributed by atoms with van der Waals surface area (Å²) in [6, 6.07) is 0. The van der Waals surface area contributed by atoms with Crippen molar-refractivity contribution < 1.29 is 34.7 Å². The zero-order valence-corrected chi connectivity index (χ0v) is 36.8. The maximum Gasteiger partial charge on any atom is 0.162 e. The highest BCUT2D eigenvalue weighted by Gasteiger charge is 2.79. The van der Waals surface area contributed by atoms with Gasteiger partial charge >= 0.3 is 0 Å². The van der Waals surface area contributed by atoms with Gasteiger partial charge in [0.05, 0.1) is 30.1 Å². The van der Waals surface area contributed by atoms with E-state index in [0.29, 0.717) is 37.2 Å². The van der Waals surface area contributed by atoms with Crippen molar-refractivity contribution >= 4 is 5.78 Å². The average molecular weight is 809 g/mol. The average Bonchev–Trinajstić information content (AvgIpc) is 3.99. The first kappa shape index (κ1) is 42.4. The Bertz CT molecular complexity index is 1600. The van der Waals surface area contributed by atoms with Gasteiger partial charge in [-0.25, -0.2) is 0 Å². The van der Waals surface area contributed by atoms with Crippen LogP contribution in [0.1, 0.15) is 163 Å². The Morgan fingerprint density at radius 1 is 0.948 bits per heavy atom. The summed E-state index contributed by atoms with van der Waals surface area (Å²) in [6.07, 6.45) is 18.3. The first-order valence-electron chi connectivity index (χ1n) is 24.3. The van der Waals surface area contributed by atoms with E-state index in [1.165, 1.54) is 38.5 Å². The van der Waals surface area contributed by atoms with Crippen LogP contribution in [0.3, 0.4) is 0 Å². The van der Waals surface area contributed by atoms with Crippen molar-refractivity contribution in [2.75, 3.05) is 19.8 Å². The summed E-state index contributed by atoms with van der Waals surface area (Å²) in [7, 11) is 0. The Labute approximate surface area is 349 Å². The van der Waals surface area contributed by atoms with Crippen LogP contribution in [0, 0.1) is 63.6 Å². The minimum absolute atomic E-state index is 0.00674. The van der Waals surface area contributed by atoms with Gasteiger partial charge in [-0.1, -0.05) is 66.2 Å². The van der Waals surface area contributed by atoms with Crippen molar-refractivity contribution in [2.24, 2.45) is 69.3 Å². The summed E-state index contributed by atoms with van der Waals surface area (Å²) in [5.74, 6) is 2.14. The summed E-state index contributed by atoms with van der Waals surface area (Å²) < 4.78 is 14.1. The molecule has 0 bridgehead atoms. The van der Waals surface area contributed by atoms with E-state index in [1.807, 2.05) is 13.8 Å². The van der Waals surface area contributed by atoms with E-state index in [0.717, 1.165) is 101 Å². The van der Waals surface area contributed by atoms with Crippen LogP contribution in [0.25, 0.3) is 0 Å². The van der Waals surface area contributed by atoms with E-state index >= 15 is 0 Å². The lowest BCUT2D eigenvalue weighted by Crippen LogP contribution is -2.67. The molecule has 0 radical (unpaired) electrons. The number of carbonyl (C=O) groups is 1. The van der Waals surface area contributed by atoms with E-state index < -0.39 is 39.8 Å². The van der Waals surface area contributed by atoms with Crippen LogP contribution < -0.4 is 11.1 Å². The standard InChI is InChI=1S/C49H80N2O7/c1-29-18-22-57-48(26-29,43-42(58-43)47(5,55)44(2,28-52)19-15-31-17-21-51-38(50)23-31)37-24-33-13-14-35-40-39(45(3)20-16-34(53)25-36(45)41(35)54)32(27-46(37,4)49(33,40)56)12-11-30-9-7-6-8-10-30/h29-34,36-39,42-43,51-53,55-56H,6-28,50H2,1-5H3. The van der Waals surface area contributed by atoms with Crippen LogP contribution in [-0.4, -0.2) is 87.2 Å². The monoisotopic (exact) mass is 809 g/mol. The van der Waals surface area contributed by atoms with Crippen LogP contribution >= 0.6 is 0 Å². The Morgan fingerprint density at radius 3 is 2.45 bits per heavy atom. The van der Waals surface area contributed by atoms with Gasteiger partial charge in [-0.05, 0) is 161 Å². The molecule has 0 aromatic rings. The summed E-state index contributed by atoms with van der Waals surface area (Å²) >= 11 is 0. The molecule has 9 rings (SSSR count). The molecule has 6 aliphatic carbocycles. The molecule has 3 saturated heterocycles. The Morgan fingerprint density at radius 2 is 1.72 bits per heavy atom. The zero-order chi connectivity index (χ0) is 41.0. The number of hydrogen-bond donors (Lipinski definition) is 6. The molecule has 3 heterocycles. The Hall–Kier alpha value is -0.910. The molecule has 4 saturated carbocycles. The minimum Gasteiger partial charge on any atom is -0.396 e. The molecule has 0 aromatic carbocycles. The number of fused-ring (bicyclic) bond motifs is 2. The highest BCUT2D eigenvalue weighted by molar-refractivity contribution is 6.00. The number of epoxide rings is 1. The molecule has 7 N–H and O–H groups in total. The maximum absolute atomic E-state index is 14.8. The highest BCUT2D eigenvalue weighted by atomic mass is 16.6. The summed E-state index contributed by atoms with van der Waals surface area (Å²) in [4.78, 5) is 14.8. The smallest absolute Gasteiger partial charge is 0.162 e. The third-order valence-corrected chi connectivity index (χ3v) is 20.0. The second-order valence-corrected chi connectivity index (χ2v) is 23.2. The molecule has 0 spiro atoms.